The molecule has 2 aromatic rings. The van der Waals surface area contributed by atoms with Gasteiger partial charge < -0.3 is 0 Å². The molecule has 0 amide bonds. The van der Waals surface area contributed by atoms with Crippen LogP contribution in [-0.4, -0.2) is 9.85 Å². The van der Waals surface area contributed by atoms with Gasteiger partial charge in [0.05, 0.1) is 21.5 Å². The van der Waals surface area contributed by atoms with Gasteiger partial charge in [-0.2, -0.15) is 4.39 Å². The van der Waals surface area contributed by atoms with E-state index in [1.165, 1.54) is 0 Å². The Morgan fingerprint density at radius 2 is 1.50 bits per heavy atom. The molecule has 8 heteroatoms. The molecule has 6 nitrogen and oxygen atoms in total. The Hall–Kier alpha value is -2.90. The third-order valence-corrected chi connectivity index (χ3v) is 2.61. The van der Waals surface area contributed by atoms with Crippen molar-refractivity contribution in [3.63, 3.8) is 0 Å². The Morgan fingerprint density at radius 3 is 2.10 bits per heavy atom. The fraction of sp³-hybridized carbons (Fsp3) is 0. The largest absolute Gasteiger partial charge is 0.305 e. The molecule has 0 saturated carbocycles. The minimum atomic E-state index is -1.05. The van der Waals surface area contributed by atoms with Crippen LogP contribution >= 0.6 is 0 Å². The van der Waals surface area contributed by atoms with Gasteiger partial charge in [-0.25, -0.2) is 4.39 Å². The van der Waals surface area contributed by atoms with E-state index >= 15 is 0 Å². The first-order valence-electron chi connectivity index (χ1n) is 5.28. The van der Waals surface area contributed by atoms with Crippen LogP contribution in [0.3, 0.4) is 0 Å². The van der Waals surface area contributed by atoms with Gasteiger partial charge in [0.2, 0.25) is 5.82 Å². The van der Waals surface area contributed by atoms with Crippen LogP contribution in [0.15, 0.2) is 36.4 Å². The molecule has 0 aliphatic carbocycles. The molecule has 2 aromatic carbocycles. The van der Waals surface area contributed by atoms with Gasteiger partial charge >= 0.3 is 5.69 Å². The third-order valence-electron chi connectivity index (χ3n) is 2.61. The maximum absolute atomic E-state index is 13.2. The van der Waals surface area contributed by atoms with Crippen LogP contribution in [0.5, 0.6) is 0 Å². The van der Waals surface area contributed by atoms with Crippen molar-refractivity contribution in [3.05, 3.63) is 68.3 Å². The molecule has 0 aromatic heterocycles. The van der Waals surface area contributed by atoms with Crippen LogP contribution in [0.2, 0.25) is 0 Å². The number of nitro benzene ring substituents is 2. The number of hydrogen-bond donors (Lipinski definition) is 0. The summed E-state index contributed by atoms with van der Waals surface area (Å²) in [7, 11) is 0. The smallest absolute Gasteiger partial charge is 0.258 e. The molecule has 0 radical (unpaired) electrons. The summed E-state index contributed by atoms with van der Waals surface area (Å²) in [5.41, 5.74) is -1.32. The van der Waals surface area contributed by atoms with Crippen LogP contribution in [-0.2, 0) is 0 Å². The van der Waals surface area contributed by atoms with Crippen molar-refractivity contribution >= 4 is 11.4 Å². The average molecular weight is 280 g/mol. The summed E-state index contributed by atoms with van der Waals surface area (Å²) in [6.45, 7) is 0. The van der Waals surface area contributed by atoms with Gasteiger partial charge in [0, 0.05) is 6.07 Å². The molecule has 0 fully saturated rings. The summed E-state index contributed by atoms with van der Waals surface area (Å²) in [6.07, 6.45) is 0. The van der Waals surface area contributed by atoms with Gasteiger partial charge in [-0.15, -0.1) is 0 Å². The maximum Gasteiger partial charge on any atom is 0.305 e. The number of halogens is 2. The van der Waals surface area contributed by atoms with Crippen LogP contribution < -0.4 is 0 Å². The molecule has 0 aliphatic rings. The molecule has 0 aliphatic heterocycles. The standard InChI is InChI=1S/C12H6F2N2O4/c13-8-2-3-9(11(6-8)15(17)18)7-1-4-10(14)12(5-7)16(19)20/h1-6H. The van der Waals surface area contributed by atoms with Gasteiger partial charge in [0.1, 0.15) is 5.82 Å². The van der Waals surface area contributed by atoms with Crippen LogP contribution in [0, 0.1) is 31.9 Å². The molecule has 102 valence electrons. The first kappa shape index (κ1) is 13.5. The topological polar surface area (TPSA) is 86.3 Å². The van der Waals surface area contributed by atoms with Gasteiger partial charge in [0.25, 0.3) is 5.69 Å². The van der Waals surface area contributed by atoms with Crippen molar-refractivity contribution in [2.75, 3.05) is 0 Å². The van der Waals surface area contributed by atoms with E-state index in [2.05, 4.69) is 0 Å². The highest BCUT2D eigenvalue weighted by molar-refractivity contribution is 5.75. The van der Waals surface area contributed by atoms with Crippen molar-refractivity contribution in [3.8, 4) is 11.1 Å². The van der Waals surface area contributed by atoms with Crippen molar-refractivity contribution in [2.45, 2.75) is 0 Å². The Morgan fingerprint density at radius 1 is 0.850 bits per heavy atom. The maximum atomic E-state index is 13.2. The second-order valence-electron chi connectivity index (χ2n) is 3.84. The molecule has 2 rings (SSSR count). The first-order valence-corrected chi connectivity index (χ1v) is 5.28. The van der Waals surface area contributed by atoms with Gasteiger partial charge in [-0.05, 0) is 23.8 Å². The molecule has 0 bridgehead atoms. The van der Waals surface area contributed by atoms with E-state index in [-0.39, 0.29) is 11.1 Å². The highest BCUT2D eigenvalue weighted by Crippen LogP contribution is 2.33. The number of nitro groups is 2. The molecule has 0 saturated heterocycles. The van der Waals surface area contributed by atoms with E-state index in [0.29, 0.717) is 6.07 Å². The van der Waals surface area contributed by atoms with Crippen molar-refractivity contribution in [1.29, 1.82) is 0 Å². The van der Waals surface area contributed by atoms with E-state index in [1.807, 2.05) is 0 Å². The predicted octanol–water partition coefficient (Wildman–Crippen LogP) is 3.45. The van der Waals surface area contributed by atoms with Crippen LogP contribution in [0.4, 0.5) is 20.2 Å². The minimum absolute atomic E-state index is 0.0282. The highest BCUT2D eigenvalue weighted by Gasteiger charge is 2.20. The first-order chi connectivity index (χ1) is 9.40. The molecule has 20 heavy (non-hydrogen) atoms. The van der Waals surface area contributed by atoms with Crippen molar-refractivity contribution in [1.82, 2.24) is 0 Å². The number of benzene rings is 2. The molecular formula is C12H6F2N2O4. The van der Waals surface area contributed by atoms with Crippen LogP contribution in [0.25, 0.3) is 11.1 Å². The minimum Gasteiger partial charge on any atom is -0.258 e. The van der Waals surface area contributed by atoms with E-state index in [9.17, 15) is 29.0 Å². The van der Waals surface area contributed by atoms with Gasteiger partial charge in [-0.3, -0.25) is 20.2 Å². The Balaban J connectivity index is 2.66. The quantitative estimate of drug-likeness (QED) is 0.636. The van der Waals surface area contributed by atoms with E-state index < -0.39 is 32.9 Å². The summed E-state index contributed by atoms with van der Waals surface area (Å²) < 4.78 is 26.2. The monoisotopic (exact) mass is 280 g/mol. The molecular weight excluding hydrogens is 274 g/mol. The number of rotatable bonds is 3. The van der Waals surface area contributed by atoms with Crippen molar-refractivity contribution in [2.24, 2.45) is 0 Å². The third kappa shape index (κ3) is 2.44. The summed E-state index contributed by atoms with van der Waals surface area (Å²) >= 11 is 0. The lowest BCUT2D eigenvalue weighted by molar-refractivity contribution is -0.387. The van der Waals surface area contributed by atoms with E-state index in [0.717, 1.165) is 30.3 Å². The Bertz CT molecular complexity index is 719. The van der Waals surface area contributed by atoms with E-state index in [1.54, 1.807) is 0 Å². The zero-order valence-electron chi connectivity index (χ0n) is 9.75. The fourth-order valence-electron chi connectivity index (χ4n) is 1.72. The second kappa shape index (κ2) is 5.00. The summed E-state index contributed by atoms with van der Waals surface area (Å²) in [6, 6.07) is 5.66. The average Bonchev–Trinajstić information content (AvgIpc) is 2.39. The van der Waals surface area contributed by atoms with E-state index in [4.69, 9.17) is 0 Å². The van der Waals surface area contributed by atoms with Crippen molar-refractivity contribution < 1.29 is 18.6 Å². The van der Waals surface area contributed by atoms with Gasteiger partial charge in [-0.1, -0.05) is 6.07 Å². The second-order valence-corrected chi connectivity index (χ2v) is 3.84. The molecule has 0 spiro atoms. The Kier molecular flexibility index (Phi) is 3.38. The summed E-state index contributed by atoms with van der Waals surface area (Å²) in [5.74, 6) is -1.86. The molecule has 0 unspecified atom stereocenters. The molecule has 0 heterocycles. The normalized spacial score (nSPS) is 10.3. The molecule has 0 N–H and O–H groups in total. The predicted molar refractivity (Wildman–Crippen MR) is 65.1 cm³/mol. The zero-order valence-corrected chi connectivity index (χ0v) is 9.75. The molecule has 0 atom stereocenters. The zero-order chi connectivity index (χ0) is 14.9. The lowest BCUT2D eigenvalue weighted by atomic mass is 10.0. The van der Waals surface area contributed by atoms with Gasteiger partial charge in [0.15, 0.2) is 0 Å². The summed E-state index contributed by atoms with van der Waals surface area (Å²) in [5, 5.41) is 21.5. The lowest BCUT2D eigenvalue weighted by Gasteiger charge is -2.04. The number of nitrogens with zero attached hydrogens (tertiary/aromatic N) is 2. The lowest BCUT2D eigenvalue weighted by Crippen LogP contribution is -1.96. The fourth-order valence-corrected chi connectivity index (χ4v) is 1.72. The Labute approximate surface area is 110 Å². The number of hydrogen-bond acceptors (Lipinski definition) is 4. The summed E-state index contributed by atoms with van der Waals surface area (Å²) in [4.78, 5) is 19.8. The SMILES string of the molecule is O=[N+]([O-])c1cc(-c2ccc(F)cc2[N+](=O)[O-])ccc1F. The highest BCUT2D eigenvalue weighted by atomic mass is 19.1. The van der Waals surface area contributed by atoms with Crippen LogP contribution in [0.1, 0.15) is 0 Å².